The summed E-state index contributed by atoms with van der Waals surface area (Å²) in [5.74, 6) is 6.63. The lowest BCUT2D eigenvalue weighted by atomic mass is 9.74. The smallest absolute Gasteiger partial charge is 0.312 e. The van der Waals surface area contributed by atoms with Crippen molar-refractivity contribution in [2.75, 3.05) is 25.2 Å². The lowest BCUT2D eigenvalue weighted by Crippen LogP contribution is -2.57. The van der Waals surface area contributed by atoms with Crippen molar-refractivity contribution in [3.8, 4) is 0 Å². The molecule has 2 N–H and O–H groups in total. The van der Waals surface area contributed by atoms with Gasteiger partial charge in [0.1, 0.15) is 6.54 Å². The fourth-order valence-electron chi connectivity index (χ4n) is 7.29. The summed E-state index contributed by atoms with van der Waals surface area (Å²) < 4.78 is 6.51. The lowest BCUT2D eigenvalue weighted by molar-refractivity contribution is -0.925. The van der Waals surface area contributed by atoms with Crippen LogP contribution < -0.4 is 10.9 Å². The Hall–Kier alpha value is -4.00. The quantitative estimate of drug-likeness (QED) is 0.0495. The normalized spacial score (nSPS) is 26.1. The zero-order valence-electron chi connectivity index (χ0n) is 27.1. The maximum absolute atomic E-state index is 14.3. The predicted octanol–water partition coefficient (Wildman–Crippen LogP) is 7.45. The van der Waals surface area contributed by atoms with E-state index in [1.54, 1.807) is 0 Å². The van der Waals surface area contributed by atoms with Gasteiger partial charge in [0.25, 0.3) is 5.91 Å². The van der Waals surface area contributed by atoms with Crippen molar-refractivity contribution in [1.29, 1.82) is 0 Å². The molecule has 3 aromatic carbocycles. The van der Waals surface area contributed by atoms with Crippen LogP contribution in [0.3, 0.4) is 0 Å². The zero-order chi connectivity index (χ0) is 32.0. The van der Waals surface area contributed by atoms with Crippen LogP contribution in [0.15, 0.2) is 103 Å². The molecule has 0 radical (unpaired) electrons. The van der Waals surface area contributed by atoms with Crippen LogP contribution in [0.1, 0.15) is 69.1 Å². The number of hydrogen-bond donors (Lipinski definition) is 1. The van der Waals surface area contributed by atoms with Gasteiger partial charge >= 0.3 is 5.97 Å². The van der Waals surface area contributed by atoms with Crippen molar-refractivity contribution in [2.45, 2.75) is 65.0 Å². The third-order valence-corrected chi connectivity index (χ3v) is 9.89. The number of quaternary nitrogens is 1. The molecule has 5 rings (SSSR count). The van der Waals surface area contributed by atoms with Crippen molar-refractivity contribution in [2.24, 2.45) is 17.2 Å². The van der Waals surface area contributed by atoms with Gasteiger partial charge in [-0.05, 0) is 49.8 Å². The Balaban J connectivity index is 1.58. The monoisotopic (exact) mass is 606 g/mol. The number of cyclic esters (lactones) is 1. The van der Waals surface area contributed by atoms with Gasteiger partial charge in [0, 0.05) is 29.9 Å². The highest BCUT2D eigenvalue weighted by Gasteiger charge is 2.45. The van der Waals surface area contributed by atoms with Crippen LogP contribution in [0.5, 0.6) is 0 Å². The fourth-order valence-corrected chi connectivity index (χ4v) is 7.29. The van der Waals surface area contributed by atoms with Gasteiger partial charge in [-0.15, -0.1) is 6.58 Å². The standard InChI is InChI=1S/C39H48N3O3/c1-5-6-15-24-39(3)26-33(29(2)28-45-38(39)44)36(31-19-11-8-12-20-31)32-21-13-14-22-34(32)41(40)37(43)35-23-16-25-42(35,4)27-30-17-9-7-10-18-30/h5,7-14,17-22,29,35H,1,6,15-16,23-28,40H2,2-4H3/q+1. The Kier molecular flexibility index (Phi) is 10.1. The maximum Gasteiger partial charge on any atom is 0.312 e. The number of para-hydroxylation sites is 1. The van der Waals surface area contributed by atoms with E-state index in [2.05, 4.69) is 63.0 Å². The first kappa shape index (κ1) is 32.4. The van der Waals surface area contributed by atoms with E-state index in [9.17, 15) is 9.59 Å². The zero-order valence-corrected chi connectivity index (χ0v) is 27.1. The number of nitrogens with two attached hydrogens (primary N) is 1. The molecule has 236 valence electrons. The van der Waals surface area contributed by atoms with Crippen molar-refractivity contribution in [3.63, 3.8) is 0 Å². The first-order valence-corrected chi connectivity index (χ1v) is 16.3. The minimum atomic E-state index is -0.670. The van der Waals surface area contributed by atoms with Gasteiger partial charge in [-0.25, -0.2) is 10.9 Å². The summed E-state index contributed by atoms with van der Waals surface area (Å²) in [4.78, 5) is 27.7. The molecule has 6 heteroatoms. The molecule has 4 unspecified atom stereocenters. The van der Waals surface area contributed by atoms with Gasteiger partial charge in [-0.1, -0.05) is 97.4 Å². The van der Waals surface area contributed by atoms with E-state index >= 15 is 0 Å². The van der Waals surface area contributed by atoms with Crippen molar-refractivity contribution < 1.29 is 18.8 Å². The third-order valence-electron chi connectivity index (χ3n) is 9.89. The molecule has 2 aliphatic heterocycles. The van der Waals surface area contributed by atoms with Gasteiger partial charge in [-0.2, -0.15) is 0 Å². The van der Waals surface area contributed by atoms with Crippen molar-refractivity contribution in [3.05, 3.63) is 120 Å². The van der Waals surface area contributed by atoms with Gasteiger partial charge < -0.3 is 9.22 Å². The Morgan fingerprint density at radius 2 is 1.73 bits per heavy atom. The van der Waals surface area contributed by atoms with Crippen LogP contribution in [-0.4, -0.2) is 42.6 Å². The molecule has 2 saturated heterocycles. The number of hydrazine groups is 1. The molecule has 0 aromatic heterocycles. The molecule has 0 spiro atoms. The minimum absolute atomic E-state index is 0.0129. The summed E-state index contributed by atoms with van der Waals surface area (Å²) in [6.45, 7) is 10.0. The Morgan fingerprint density at radius 3 is 2.44 bits per heavy atom. The number of allylic oxidation sites excluding steroid dienone is 1. The average molecular weight is 607 g/mol. The van der Waals surface area contributed by atoms with Crippen LogP contribution in [0, 0.1) is 11.3 Å². The SMILES string of the molecule is C=CCCCC1(C)CC(=C(c2ccccc2)c2ccccc2N(N)C(=O)C2CCC[N+]2(C)Cc2ccccc2)C(C)COC1=O. The molecule has 6 nitrogen and oxygen atoms in total. The molecular weight excluding hydrogens is 558 g/mol. The Bertz CT molecular complexity index is 1540. The molecule has 0 bridgehead atoms. The number of benzene rings is 3. The van der Waals surface area contributed by atoms with E-state index in [0.29, 0.717) is 29.6 Å². The number of likely N-dealkylation sites (N-methyl/N-ethyl adjacent to an activating group) is 1. The molecular formula is C39H48N3O3+. The lowest BCUT2D eigenvalue weighted by Gasteiger charge is -2.37. The first-order chi connectivity index (χ1) is 21.7. The Morgan fingerprint density at radius 1 is 1.07 bits per heavy atom. The van der Waals surface area contributed by atoms with Crippen LogP contribution in [0.2, 0.25) is 0 Å². The number of ether oxygens (including phenoxy) is 1. The number of amides is 1. The number of carbonyl (C=O) groups excluding carboxylic acids is 2. The molecule has 2 fully saturated rings. The number of unbranched alkanes of at least 4 members (excludes halogenated alkanes) is 1. The number of likely N-dealkylation sites (tertiary alicyclic amines) is 1. The second-order valence-corrected chi connectivity index (χ2v) is 13.4. The Labute approximate surface area is 268 Å². The molecule has 3 aromatic rings. The number of rotatable bonds is 10. The molecule has 2 aliphatic rings. The molecule has 0 aliphatic carbocycles. The van der Waals surface area contributed by atoms with E-state index in [4.69, 9.17) is 10.6 Å². The van der Waals surface area contributed by atoms with E-state index in [0.717, 1.165) is 61.0 Å². The average Bonchev–Trinajstić information content (AvgIpc) is 3.39. The minimum Gasteiger partial charge on any atom is -0.465 e. The second kappa shape index (κ2) is 14.0. The first-order valence-electron chi connectivity index (χ1n) is 16.3. The van der Waals surface area contributed by atoms with Gasteiger partial charge in [0.05, 0.1) is 31.3 Å². The van der Waals surface area contributed by atoms with E-state index in [1.165, 1.54) is 10.6 Å². The number of hydrogen-bond acceptors (Lipinski definition) is 4. The largest absolute Gasteiger partial charge is 0.465 e. The molecule has 2 heterocycles. The van der Waals surface area contributed by atoms with Gasteiger partial charge in [-0.3, -0.25) is 9.59 Å². The third kappa shape index (κ3) is 6.98. The number of carbonyl (C=O) groups is 2. The highest BCUT2D eigenvalue weighted by molar-refractivity contribution is 6.00. The number of esters is 1. The summed E-state index contributed by atoms with van der Waals surface area (Å²) in [5, 5.41) is 1.39. The topological polar surface area (TPSA) is 72.6 Å². The summed E-state index contributed by atoms with van der Waals surface area (Å²) in [6, 6.07) is 28.3. The second-order valence-electron chi connectivity index (χ2n) is 13.4. The molecule has 1 amide bonds. The summed E-state index contributed by atoms with van der Waals surface area (Å²) >= 11 is 0. The molecule has 0 saturated carbocycles. The van der Waals surface area contributed by atoms with Crippen LogP contribution in [0.4, 0.5) is 5.69 Å². The summed E-state index contributed by atoms with van der Waals surface area (Å²) in [5.41, 5.74) is 5.30. The van der Waals surface area contributed by atoms with Crippen molar-refractivity contribution in [1.82, 2.24) is 0 Å². The summed E-state index contributed by atoms with van der Waals surface area (Å²) in [7, 11) is 2.18. The number of nitrogens with zero attached hydrogens (tertiary/aromatic N) is 2. The van der Waals surface area contributed by atoms with Crippen molar-refractivity contribution >= 4 is 23.1 Å². The van der Waals surface area contributed by atoms with E-state index in [1.807, 2.05) is 55.5 Å². The molecule has 4 atom stereocenters. The number of anilines is 1. The van der Waals surface area contributed by atoms with Gasteiger partial charge in [0.2, 0.25) is 0 Å². The van der Waals surface area contributed by atoms with Gasteiger partial charge in [0.15, 0.2) is 6.04 Å². The van der Waals surface area contributed by atoms with E-state index in [-0.39, 0.29) is 23.8 Å². The highest BCUT2D eigenvalue weighted by atomic mass is 16.5. The van der Waals surface area contributed by atoms with Crippen LogP contribution >= 0.6 is 0 Å². The molecule has 45 heavy (non-hydrogen) atoms. The fraction of sp³-hybridized carbons (Fsp3) is 0.385. The maximum atomic E-state index is 14.3. The van der Waals surface area contributed by atoms with Crippen LogP contribution in [0.25, 0.3) is 5.57 Å². The summed E-state index contributed by atoms with van der Waals surface area (Å²) in [6.07, 6.45) is 6.65. The van der Waals surface area contributed by atoms with Crippen LogP contribution in [-0.2, 0) is 20.9 Å². The van der Waals surface area contributed by atoms with E-state index < -0.39 is 5.41 Å². The highest BCUT2D eigenvalue weighted by Crippen LogP contribution is 2.45. The predicted molar refractivity (Wildman–Crippen MR) is 182 cm³/mol.